The molecule has 10 rings (SSSR count). The first-order valence-electron chi connectivity index (χ1n) is 17.8. The first kappa shape index (κ1) is 33.5. The molecule has 4 aromatic heterocycles. The smallest absolute Gasteiger partial charge is 0.275 e. The lowest BCUT2D eigenvalue weighted by atomic mass is 9.92. The molecule has 0 saturated carbocycles. The van der Waals surface area contributed by atoms with Crippen LogP contribution in [0.1, 0.15) is 5.56 Å². The number of para-hydroxylation sites is 2. The molecule has 0 unspecified atom stereocenters. The molecule has 4 heterocycles. The molecule has 0 saturated heterocycles. The van der Waals surface area contributed by atoms with Crippen molar-refractivity contribution in [3.05, 3.63) is 170 Å². The van der Waals surface area contributed by atoms with Crippen LogP contribution in [0.15, 0.2) is 164 Å². The maximum Gasteiger partial charge on any atom is 0.416 e. The largest absolute Gasteiger partial charge is 0.416 e. The highest BCUT2D eigenvalue weighted by Gasteiger charge is 2.30. The van der Waals surface area contributed by atoms with Gasteiger partial charge in [0, 0.05) is 45.5 Å². The van der Waals surface area contributed by atoms with Gasteiger partial charge in [-0.1, -0.05) is 72.8 Å². The topological polar surface area (TPSA) is 69.4 Å². The van der Waals surface area contributed by atoms with E-state index in [1.807, 2.05) is 77.4 Å². The number of hydrogen-bond acceptors (Lipinski definition) is 6. The maximum absolute atomic E-state index is 13.5. The molecule has 268 valence electrons. The van der Waals surface area contributed by atoms with E-state index >= 15 is 0 Å². The summed E-state index contributed by atoms with van der Waals surface area (Å²) in [5.74, 6) is 0.978. The quantitative estimate of drug-likeness (QED) is 0.158. The molecule has 0 aliphatic heterocycles. The molecular weight excluding hydrogens is 726 g/mol. The number of thiazole rings is 1. The van der Waals surface area contributed by atoms with Crippen LogP contribution in [-0.2, 0) is 6.18 Å². The lowest BCUT2D eigenvalue weighted by Crippen LogP contribution is -2.05. The standard InChI is InChI=1S/C46H27F3N6S/c47-46(48,49)35-19-17-28(18-20-35)43-53-54-44(55(43)36-12-2-1-3-13-36)31-10-6-9-29(23-31)32-24-33(26-34(25-32)45-52-39-15-4-5-16-40(39)56-45)38-27-30-11-7-21-50-41(30)42-37(38)14-8-22-51-42/h1-27H. The van der Waals surface area contributed by atoms with Gasteiger partial charge in [0.2, 0.25) is 0 Å². The monoisotopic (exact) mass is 752 g/mol. The van der Waals surface area contributed by atoms with E-state index in [9.17, 15) is 13.2 Å². The van der Waals surface area contributed by atoms with Gasteiger partial charge in [0.1, 0.15) is 5.01 Å². The highest BCUT2D eigenvalue weighted by Crippen LogP contribution is 2.41. The predicted molar refractivity (Wildman–Crippen MR) is 217 cm³/mol. The summed E-state index contributed by atoms with van der Waals surface area (Å²) >= 11 is 1.65. The zero-order valence-electron chi connectivity index (χ0n) is 29.3. The Labute approximate surface area is 322 Å². The van der Waals surface area contributed by atoms with Crippen molar-refractivity contribution >= 4 is 43.4 Å². The number of alkyl halides is 3. The number of halogens is 3. The average Bonchev–Trinajstić information content (AvgIpc) is 3.89. The van der Waals surface area contributed by atoms with E-state index in [2.05, 4.69) is 69.8 Å². The van der Waals surface area contributed by atoms with E-state index in [-0.39, 0.29) is 0 Å². The van der Waals surface area contributed by atoms with Crippen molar-refractivity contribution in [3.8, 4) is 61.3 Å². The van der Waals surface area contributed by atoms with Crippen molar-refractivity contribution in [1.29, 1.82) is 0 Å². The number of hydrogen-bond donors (Lipinski definition) is 0. The van der Waals surface area contributed by atoms with E-state index in [0.717, 1.165) is 88.2 Å². The Morgan fingerprint density at radius 1 is 0.518 bits per heavy atom. The highest BCUT2D eigenvalue weighted by atomic mass is 32.1. The van der Waals surface area contributed by atoms with Gasteiger partial charge in [-0.2, -0.15) is 13.2 Å². The van der Waals surface area contributed by atoms with Gasteiger partial charge < -0.3 is 0 Å². The Morgan fingerprint density at radius 2 is 1.20 bits per heavy atom. The second kappa shape index (κ2) is 13.4. The van der Waals surface area contributed by atoms with Crippen molar-refractivity contribution in [2.24, 2.45) is 0 Å². The summed E-state index contributed by atoms with van der Waals surface area (Å²) in [6, 6.07) is 47.6. The third-order valence-corrected chi connectivity index (χ3v) is 10.9. The zero-order valence-corrected chi connectivity index (χ0v) is 30.1. The number of benzene rings is 6. The zero-order chi connectivity index (χ0) is 37.8. The van der Waals surface area contributed by atoms with Gasteiger partial charge in [-0.3, -0.25) is 14.5 Å². The van der Waals surface area contributed by atoms with Crippen LogP contribution in [0.25, 0.3) is 93.3 Å². The van der Waals surface area contributed by atoms with Crippen LogP contribution in [0.3, 0.4) is 0 Å². The summed E-state index contributed by atoms with van der Waals surface area (Å²) in [6.45, 7) is 0. The Hall–Kier alpha value is -7.04. The molecule has 6 nitrogen and oxygen atoms in total. The molecule has 10 aromatic rings. The molecule has 0 amide bonds. The highest BCUT2D eigenvalue weighted by molar-refractivity contribution is 7.21. The molecule has 0 N–H and O–H groups in total. The molecule has 0 atom stereocenters. The van der Waals surface area contributed by atoms with Gasteiger partial charge in [-0.05, 0) is 101 Å². The fourth-order valence-electron chi connectivity index (χ4n) is 7.21. The molecule has 56 heavy (non-hydrogen) atoms. The first-order valence-corrected chi connectivity index (χ1v) is 18.6. The Balaban J connectivity index is 1.16. The number of nitrogens with zero attached hydrogens (tertiary/aromatic N) is 6. The molecule has 0 radical (unpaired) electrons. The molecule has 0 aliphatic carbocycles. The van der Waals surface area contributed by atoms with E-state index < -0.39 is 11.7 Å². The van der Waals surface area contributed by atoms with Gasteiger partial charge in [-0.25, -0.2) is 4.98 Å². The Morgan fingerprint density at radius 3 is 2.00 bits per heavy atom. The van der Waals surface area contributed by atoms with Crippen molar-refractivity contribution in [2.45, 2.75) is 6.18 Å². The van der Waals surface area contributed by atoms with E-state index in [4.69, 9.17) is 9.97 Å². The van der Waals surface area contributed by atoms with E-state index in [1.54, 1.807) is 23.7 Å². The van der Waals surface area contributed by atoms with Crippen LogP contribution < -0.4 is 0 Å². The average molecular weight is 753 g/mol. The molecule has 0 bridgehead atoms. The fourth-order valence-corrected chi connectivity index (χ4v) is 8.16. The molecular formula is C46H27F3N6S. The maximum atomic E-state index is 13.5. The lowest BCUT2D eigenvalue weighted by Gasteiger charge is -2.14. The minimum Gasteiger partial charge on any atom is -0.275 e. The SMILES string of the molecule is FC(F)(F)c1ccc(-c2nnc(-c3cccc(-c4cc(-c5nc6ccccc6s5)cc(-c5cc6cccnc6c6ncccc56)c4)c3)n2-c2ccccc2)cc1. The van der Waals surface area contributed by atoms with Crippen molar-refractivity contribution in [1.82, 2.24) is 29.7 Å². The molecule has 0 aliphatic rings. The Kier molecular flexibility index (Phi) is 8.00. The predicted octanol–water partition coefficient (Wildman–Crippen LogP) is 12.3. The summed E-state index contributed by atoms with van der Waals surface area (Å²) in [4.78, 5) is 14.5. The molecule has 0 spiro atoms. The minimum absolute atomic E-state index is 0.428. The third kappa shape index (κ3) is 5.96. The number of aromatic nitrogens is 6. The number of rotatable bonds is 6. The summed E-state index contributed by atoms with van der Waals surface area (Å²) in [7, 11) is 0. The van der Waals surface area contributed by atoms with Crippen LogP contribution in [0, 0.1) is 0 Å². The van der Waals surface area contributed by atoms with Gasteiger partial charge in [-0.15, -0.1) is 21.5 Å². The summed E-state index contributed by atoms with van der Waals surface area (Å²) in [5, 5.41) is 12.0. The summed E-state index contributed by atoms with van der Waals surface area (Å²) in [5.41, 5.74) is 8.89. The van der Waals surface area contributed by atoms with E-state index in [0.29, 0.717) is 17.2 Å². The van der Waals surface area contributed by atoms with Gasteiger partial charge in [0.05, 0.1) is 26.8 Å². The van der Waals surface area contributed by atoms with E-state index in [1.165, 1.54) is 12.1 Å². The lowest BCUT2D eigenvalue weighted by molar-refractivity contribution is -0.137. The third-order valence-electron chi connectivity index (χ3n) is 9.85. The van der Waals surface area contributed by atoms with Gasteiger partial charge >= 0.3 is 6.18 Å². The molecule has 0 fully saturated rings. The molecule has 6 aromatic carbocycles. The normalized spacial score (nSPS) is 11.8. The number of pyridine rings is 2. The van der Waals surface area contributed by atoms with Crippen LogP contribution in [0.2, 0.25) is 0 Å². The summed E-state index contributed by atoms with van der Waals surface area (Å²) in [6.07, 6.45) is -0.858. The fraction of sp³-hybridized carbons (Fsp3) is 0.0217. The Bertz CT molecular complexity index is 3050. The second-order valence-corrected chi connectivity index (χ2v) is 14.4. The minimum atomic E-state index is -4.45. The summed E-state index contributed by atoms with van der Waals surface area (Å²) < 4.78 is 43.3. The van der Waals surface area contributed by atoms with Gasteiger partial charge in [0.25, 0.3) is 0 Å². The number of fused-ring (bicyclic) bond motifs is 4. The molecule has 10 heteroatoms. The van der Waals surface area contributed by atoms with Crippen molar-refractivity contribution in [3.63, 3.8) is 0 Å². The first-order chi connectivity index (χ1) is 27.4. The second-order valence-electron chi connectivity index (χ2n) is 13.4. The van der Waals surface area contributed by atoms with Crippen molar-refractivity contribution < 1.29 is 13.2 Å². The van der Waals surface area contributed by atoms with Crippen LogP contribution in [0.4, 0.5) is 13.2 Å². The van der Waals surface area contributed by atoms with Crippen LogP contribution >= 0.6 is 11.3 Å². The van der Waals surface area contributed by atoms with Crippen LogP contribution in [0.5, 0.6) is 0 Å². The van der Waals surface area contributed by atoms with Crippen LogP contribution in [-0.4, -0.2) is 29.7 Å². The van der Waals surface area contributed by atoms with Gasteiger partial charge in [0.15, 0.2) is 11.6 Å². The van der Waals surface area contributed by atoms with Crippen molar-refractivity contribution in [2.75, 3.05) is 0 Å².